The first kappa shape index (κ1) is 20.5. The van der Waals surface area contributed by atoms with Crippen LogP contribution in [-0.4, -0.2) is 44.7 Å². The summed E-state index contributed by atoms with van der Waals surface area (Å²) >= 11 is 0. The summed E-state index contributed by atoms with van der Waals surface area (Å²) in [5.41, 5.74) is 0.955. The van der Waals surface area contributed by atoms with E-state index in [1.807, 2.05) is 24.3 Å². The fraction of sp³-hybridized carbons (Fsp3) is 0.526. The first-order valence-electron chi connectivity index (χ1n) is 8.26. The molecule has 1 saturated carbocycles. The molecule has 1 aromatic carbocycles. The molecule has 0 spiro atoms. The summed E-state index contributed by atoms with van der Waals surface area (Å²) in [7, 11) is 5.77. The maximum atomic E-state index is 12.1. The number of hydrogen-bond acceptors (Lipinski definition) is 4. The minimum Gasteiger partial charge on any atom is -0.497 e. The van der Waals surface area contributed by atoms with Crippen molar-refractivity contribution in [2.45, 2.75) is 31.8 Å². The molecule has 2 atom stereocenters. The first-order valence-corrected chi connectivity index (χ1v) is 8.26. The van der Waals surface area contributed by atoms with E-state index in [4.69, 9.17) is 9.47 Å². The summed E-state index contributed by atoms with van der Waals surface area (Å²) in [6.45, 7) is 0.972. The molecule has 134 valence electrons. The normalized spacial score (nSPS) is 20.7. The van der Waals surface area contributed by atoms with Gasteiger partial charge in [-0.3, -0.25) is 0 Å². The van der Waals surface area contributed by atoms with E-state index < -0.39 is 0 Å². The van der Waals surface area contributed by atoms with Crippen LogP contribution >= 0.6 is 12.4 Å². The van der Waals surface area contributed by atoms with Gasteiger partial charge in [0, 0.05) is 18.5 Å². The topological polar surface area (TPSA) is 38.8 Å². The van der Waals surface area contributed by atoms with Crippen LogP contribution in [0.3, 0.4) is 0 Å². The number of rotatable bonds is 6. The second-order valence-electron chi connectivity index (χ2n) is 6.39. The molecule has 4 nitrogen and oxygen atoms in total. The number of carbonyl (C=O) groups is 1. The van der Waals surface area contributed by atoms with E-state index in [1.54, 1.807) is 13.2 Å². The smallest absolute Gasteiger partial charge is 0.331 e. The van der Waals surface area contributed by atoms with E-state index in [9.17, 15) is 4.79 Å². The number of nitrogens with zero attached hydrogens (tertiary/aromatic N) is 1. The molecular formula is C19H28ClNO3. The van der Waals surface area contributed by atoms with Crippen LogP contribution in [0.1, 0.15) is 31.2 Å². The lowest BCUT2D eigenvalue weighted by molar-refractivity contribution is -0.147. The van der Waals surface area contributed by atoms with Gasteiger partial charge in [-0.05, 0) is 57.1 Å². The van der Waals surface area contributed by atoms with E-state index >= 15 is 0 Å². The summed E-state index contributed by atoms with van der Waals surface area (Å²) in [6, 6.07) is 7.58. The van der Waals surface area contributed by atoms with Crippen molar-refractivity contribution >= 4 is 24.5 Å². The quantitative estimate of drug-likeness (QED) is 0.576. The number of benzene rings is 1. The summed E-state index contributed by atoms with van der Waals surface area (Å²) in [4.78, 5) is 14.3. The lowest BCUT2D eigenvalue weighted by Crippen LogP contribution is -2.36. The van der Waals surface area contributed by atoms with Gasteiger partial charge in [-0.1, -0.05) is 18.6 Å². The average Bonchev–Trinajstić information content (AvgIpc) is 2.55. The van der Waals surface area contributed by atoms with E-state index in [0.717, 1.165) is 37.1 Å². The van der Waals surface area contributed by atoms with Crippen LogP contribution in [0.15, 0.2) is 30.3 Å². The monoisotopic (exact) mass is 353 g/mol. The van der Waals surface area contributed by atoms with Crippen LogP contribution in [0, 0.1) is 5.92 Å². The average molecular weight is 354 g/mol. The predicted molar refractivity (Wildman–Crippen MR) is 99.7 cm³/mol. The Balaban J connectivity index is 0.00000288. The molecule has 0 aromatic heterocycles. The van der Waals surface area contributed by atoms with Crippen LogP contribution in [0.2, 0.25) is 0 Å². The number of carbonyl (C=O) groups excluding carboxylic acids is 1. The van der Waals surface area contributed by atoms with Gasteiger partial charge in [0.15, 0.2) is 0 Å². The SMILES string of the molecule is COc1ccc(C=CC(=O)OC2CCCCC2CN(C)C)cc1.Cl. The number of halogens is 1. The molecule has 0 heterocycles. The van der Waals surface area contributed by atoms with E-state index in [2.05, 4.69) is 19.0 Å². The Morgan fingerprint density at radius 2 is 1.88 bits per heavy atom. The molecule has 2 unspecified atom stereocenters. The van der Waals surface area contributed by atoms with Crippen molar-refractivity contribution in [1.29, 1.82) is 0 Å². The van der Waals surface area contributed by atoms with Crippen LogP contribution in [0.25, 0.3) is 6.08 Å². The van der Waals surface area contributed by atoms with Crippen molar-refractivity contribution in [3.63, 3.8) is 0 Å². The number of methoxy groups -OCH3 is 1. The molecular weight excluding hydrogens is 326 g/mol. The molecule has 24 heavy (non-hydrogen) atoms. The van der Waals surface area contributed by atoms with Crippen molar-refractivity contribution in [1.82, 2.24) is 4.90 Å². The van der Waals surface area contributed by atoms with Gasteiger partial charge < -0.3 is 14.4 Å². The highest BCUT2D eigenvalue weighted by Crippen LogP contribution is 2.27. The second-order valence-corrected chi connectivity index (χ2v) is 6.39. The number of hydrogen-bond donors (Lipinski definition) is 0. The zero-order chi connectivity index (χ0) is 16.7. The van der Waals surface area contributed by atoms with Gasteiger partial charge in [0.25, 0.3) is 0 Å². The number of ether oxygens (including phenoxy) is 2. The second kappa shape index (κ2) is 10.4. The Labute approximate surface area is 151 Å². The highest BCUT2D eigenvalue weighted by atomic mass is 35.5. The van der Waals surface area contributed by atoms with Gasteiger partial charge in [0.05, 0.1) is 7.11 Å². The molecule has 0 amide bonds. The van der Waals surface area contributed by atoms with Crippen LogP contribution in [0.5, 0.6) is 5.75 Å². The van der Waals surface area contributed by atoms with E-state index in [0.29, 0.717) is 5.92 Å². The highest BCUT2D eigenvalue weighted by molar-refractivity contribution is 5.87. The lowest BCUT2D eigenvalue weighted by Gasteiger charge is -2.32. The molecule has 1 aromatic rings. The zero-order valence-electron chi connectivity index (χ0n) is 14.7. The largest absolute Gasteiger partial charge is 0.497 e. The van der Waals surface area contributed by atoms with Gasteiger partial charge in [-0.15, -0.1) is 12.4 Å². The fourth-order valence-corrected chi connectivity index (χ4v) is 3.07. The van der Waals surface area contributed by atoms with Crippen molar-refractivity contribution in [3.8, 4) is 5.75 Å². The molecule has 1 aliphatic carbocycles. The summed E-state index contributed by atoms with van der Waals surface area (Å²) in [5.74, 6) is 0.993. The Hall–Kier alpha value is -1.52. The lowest BCUT2D eigenvalue weighted by atomic mass is 9.86. The Kier molecular flexibility index (Phi) is 8.87. The Morgan fingerprint density at radius 1 is 1.21 bits per heavy atom. The minimum atomic E-state index is -0.253. The van der Waals surface area contributed by atoms with Crippen molar-refractivity contribution in [2.75, 3.05) is 27.7 Å². The van der Waals surface area contributed by atoms with Crippen molar-refractivity contribution in [3.05, 3.63) is 35.9 Å². The minimum absolute atomic E-state index is 0. The molecule has 1 aliphatic rings. The van der Waals surface area contributed by atoms with Crippen molar-refractivity contribution in [2.24, 2.45) is 5.92 Å². The fourth-order valence-electron chi connectivity index (χ4n) is 3.07. The summed E-state index contributed by atoms with van der Waals surface area (Å²) in [5, 5.41) is 0. The molecule has 0 saturated heterocycles. The molecule has 0 bridgehead atoms. The van der Waals surface area contributed by atoms with Crippen LogP contribution in [-0.2, 0) is 9.53 Å². The van der Waals surface area contributed by atoms with Gasteiger partial charge in [0.2, 0.25) is 0 Å². The van der Waals surface area contributed by atoms with Crippen molar-refractivity contribution < 1.29 is 14.3 Å². The summed E-state index contributed by atoms with van der Waals surface area (Å²) in [6.07, 6.45) is 7.82. The third kappa shape index (κ3) is 6.54. The molecule has 2 rings (SSSR count). The highest BCUT2D eigenvalue weighted by Gasteiger charge is 2.28. The molecule has 1 fully saturated rings. The van der Waals surface area contributed by atoms with Crippen LogP contribution < -0.4 is 4.74 Å². The zero-order valence-corrected chi connectivity index (χ0v) is 15.6. The van der Waals surface area contributed by atoms with Gasteiger partial charge in [0.1, 0.15) is 11.9 Å². The third-order valence-corrected chi connectivity index (χ3v) is 4.23. The molecule has 0 N–H and O–H groups in total. The molecule has 5 heteroatoms. The molecule has 0 radical (unpaired) electrons. The number of esters is 1. The predicted octanol–water partition coefficient (Wildman–Crippen LogP) is 3.79. The summed E-state index contributed by atoms with van der Waals surface area (Å²) < 4.78 is 10.8. The van der Waals surface area contributed by atoms with Crippen LogP contribution in [0.4, 0.5) is 0 Å². The standard InChI is InChI=1S/C19H27NO3.ClH/c1-20(2)14-16-6-4-5-7-18(16)23-19(21)13-10-15-8-11-17(22-3)12-9-15;/h8-13,16,18H,4-7,14H2,1-3H3;1H. The van der Waals surface area contributed by atoms with E-state index in [-0.39, 0.29) is 24.5 Å². The first-order chi connectivity index (χ1) is 11.1. The Morgan fingerprint density at radius 3 is 2.50 bits per heavy atom. The van der Waals surface area contributed by atoms with E-state index in [1.165, 1.54) is 12.5 Å². The van der Waals surface area contributed by atoms with Gasteiger partial charge >= 0.3 is 5.97 Å². The molecule has 0 aliphatic heterocycles. The maximum Gasteiger partial charge on any atom is 0.331 e. The van der Waals surface area contributed by atoms with Gasteiger partial charge in [-0.25, -0.2) is 4.79 Å². The third-order valence-electron chi connectivity index (χ3n) is 4.23. The Bertz CT molecular complexity index is 528. The van der Waals surface area contributed by atoms with Gasteiger partial charge in [-0.2, -0.15) is 0 Å². The maximum absolute atomic E-state index is 12.1.